The van der Waals surface area contributed by atoms with Crippen molar-refractivity contribution in [2.75, 3.05) is 60.0 Å². The van der Waals surface area contributed by atoms with Crippen LogP contribution in [0.4, 0.5) is 0 Å². The minimum atomic E-state index is -0.117. The normalized spacial score (nSPS) is 12.4. The van der Waals surface area contributed by atoms with Crippen molar-refractivity contribution in [2.45, 2.75) is 26.3 Å². The van der Waals surface area contributed by atoms with E-state index in [1.807, 2.05) is 12.1 Å². The molecule has 154 valence electrons. The highest BCUT2D eigenvalue weighted by Crippen LogP contribution is 2.20. The zero-order valence-corrected chi connectivity index (χ0v) is 17.0. The summed E-state index contributed by atoms with van der Waals surface area (Å²) in [5, 5.41) is 5.76. The minimum Gasteiger partial charge on any atom is -0.468 e. The quantitative estimate of drug-likeness (QED) is 0.464. The number of hydrogen-bond donors (Lipinski definition) is 2. The van der Waals surface area contributed by atoms with Gasteiger partial charge in [-0.3, -0.25) is 19.4 Å². The molecule has 0 spiro atoms. The van der Waals surface area contributed by atoms with Gasteiger partial charge in [-0.05, 0) is 38.7 Å². The van der Waals surface area contributed by atoms with Gasteiger partial charge in [0.1, 0.15) is 5.76 Å². The Morgan fingerprint density at radius 2 is 1.85 bits per heavy atom. The first kappa shape index (κ1) is 23.1. The van der Waals surface area contributed by atoms with Crippen molar-refractivity contribution in [3.63, 3.8) is 0 Å². The molecule has 8 heteroatoms. The minimum absolute atomic E-state index is 0.00617. The predicted octanol–water partition coefficient (Wildman–Crippen LogP) is 0.863. The van der Waals surface area contributed by atoms with E-state index in [1.165, 1.54) is 0 Å². The van der Waals surface area contributed by atoms with Crippen molar-refractivity contribution >= 4 is 11.8 Å². The van der Waals surface area contributed by atoms with Gasteiger partial charge >= 0.3 is 0 Å². The summed E-state index contributed by atoms with van der Waals surface area (Å²) in [5.41, 5.74) is 0. The second-order valence-corrected chi connectivity index (χ2v) is 6.43. The Hall–Kier alpha value is -1.90. The number of likely N-dealkylation sites (N-methyl/N-ethyl adjacent to an activating group) is 2. The molecule has 0 saturated heterocycles. The van der Waals surface area contributed by atoms with Crippen molar-refractivity contribution in [3.8, 4) is 0 Å². The molecular formula is C19H34N4O4. The first-order chi connectivity index (χ1) is 13.0. The molecule has 2 amide bonds. The third kappa shape index (κ3) is 9.03. The number of ether oxygens (including phenoxy) is 1. The second kappa shape index (κ2) is 13.3. The molecular weight excluding hydrogens is 348 g/mol. The lowest BCUT2D eigenvalue weighted by molar-refractivity contribution is -0.124. The number of nitrogens with zero attached hydrogens (tertiary/aromatic N) is 2. The Kier molecular flexibility index (Phi) is 11.4. The van der Waals surface area contributed by atoms with E-state index < -0.39 is 0 Å². The lowest BCUT2D eigenvalue weighted by atomic mass is 10.2. The van der Waals surface area contributed by atoms with Gasteiger partial charge in [0.25, 0.3) is 0 Å². The number of hydrogen-bond acceptors (Lipinski definition) is 6. The predicted molar refractivity (Wildman–Crippen MR) is 104 cm³/mol. The highest BCUT2D eigenvalue weighted by Gasteiger charge is 2.21. The topological polar surface area (TPSA) is 87.1 Å². The number of furan rings is 1. The zero-order valence-electron chi connectivity index (χ0n) is 17.0. The van der Waals surface area contributed by atoms with Crippen molar-refractivity contribution in [2.24, 2.45) is 0 Å². The Labute approximate surface area is 162 Å². The van der Waals surface area contributed by atoms with Crippen molar-refractivity contribution in [3.05, 3.63) is 24.2 Å². The van der Waals surface area contributed by atoms with E-state index in [-0.39, 0.29) is 30.9 Å². The van der Waals surface area contributed by atoms with E-state index in [0.29, 0.717) is 19.7 Å². The van der Waals surface area contributed by atoms with Gasteiger partial charge in [0.15, 0.2) is 0 Å². The number of nitrogens with one attached hydrogen (secondary N) is 2. The maximum Gasteiger partial charge on any atom is 0.234 e. The summed E-state index contributed by atoms with van der Waals surface area (Å²) < 4.78 is 10.5. The van der Waals surface area contributed by atoms with Crippen LogP contribution < -0.4 is 10.6 Å². The molecule has 1 heterocycles. The van der Waals surface area contributed by atoms with Crippen LogP contribution in [0.3, 0.4) is 0 Å². The summed E-state index contributed by atoms with van der Waals surface area (Å²) >= 11 is 0. The highest BCUT2D eigenvalue weighted by atomic mass is 16.5. The van der Waals surface area contributed by atoms with Crippen LogP contribution in [0, 0.1) is 0 Å². The Balaban J connectivity index is 2.40. The fraction of sp³-hybridized carbons (Fsp3) is 0.684. The SMILES string of the molecule is CCN(CC)C(CNC(=O)CN(C)CC(=O)NCCCOC)c1ccco1. The third-order valence-electron chi connectivity index (χ3n) is 4.29. The van der Waals surface area contributed by atoms with Crippen LogP contribution in [0.2, 0.25) is 0 Å². The molecule has 0 aromatic carbocycles. The molecule has 1 unspecified atom stereocenters. The average molecular weight is 383 g/mol. The summed E-state index contributed by atoms with van der Waals surface area (Å²) in [6.07, 6.45) is 2.42. The van der Waals surface area contributed by atoms with Crippen LogP contribution in [0.15, 0.2) is 22.8 Å². The molecule has 8 nitrogen and oxygen atoms in total. The van der Waals surface area contributed by atoms with Crippen LogP contribution in [0.25, 0.3) is 0 Å². The number of carbonyl (C=O) groups is 2. The van der Waals surface area contributed by atoms with Gasteiger partial charge < -0.3 is 19.8 Å². The van der Waals surface area contributed by atoms with Crippen molar-refractivity contribution in [1.82, 2.24) is 20.4 Å². The van der Waals surface area contributed by atoms with Crippen LogP contribution in [0.1, 0.15) is 32.1 Å². The van der Waals surface area contributed by atoms with E-state index in [4.69, 9.17) is 9.15 Å². The van der Waals surface area contributed by atoms with Gasteiger partial charge in [0.05, 0.1) is 25.4 Å². The summed E-state index contributed by atoms with van der Waals surface area (Å²) in [7, 11) is 3.38. The Morgan fingerprint density at radius 3 is 2.41 bits per heavy atom. The first-order valence-electron chi connectivity index (χ1n) is 9.50. The maximum absolute atomic E-state index is 12.3. The standard InChI is InChI=1S/C19H34N4O4/c1-5-23(6-2)16(17-9-7-12-27-17)13-21-19(25)15-22(3)14-18(24)20-10-8-11-26-4/h7,9,12,16H,5-6,8,10-11,13-15H2,1-4H3,(H,20,24)(H,21,25). The lowest BCUT2D eigenvalue weighted by Crippen LogP contribution is -2.43. The molecule has 1 aromatic rings. The van der Waals surface area contributed by atoms with E-state index in [1.54, 1.807) is 25.3 Å². The average Bonchev–Trinajstić information content (AvgIpc) is 3.16. The Morgan fingerprint density at radius 1 is 1.19 bits per heavy atom. The largest absolute Gasteiger partial charge is 0.468 e. The molecule has 0 radical (unpaired) electrons. The number of rotatable bonds is 14. The van der Waals surface area contributed by atoms with E-state index >= 15 is 0 Å². The van der Waals surface area contributed by atoms with Crippen LogP contribution >= 0.6 is 0 Å². The molecule has 2 N–H and O–H groups in total. The maximum atomic E-state index is 12.3. The van der Waals surface area contributed by atoms with Crippen molar-refractivity contribution in [1.29, 1.82) is 0 Å². The first-order valence-corrected chi connectivity index (χ1v) is 9.50. The molecule has 1 rings (SSSR count). The summed E-state index contributed by atoms with van der Waals surface area (Å²) in [6.45, 7) is 7.88. The zero-order chi connectivity index (χ0) is 20.1. The molecule has 0 aliphatic carbocycles. The molecule has 0 saturated carbocycles. The van der Waals surface area contributed by atoms with Gasteiger partial charge in [-0.2, -0.15) is 0 Å². The van der Waals surface area contributed by atoms with E-state index in [0.717, 1.165) is 25.3 Å². The van der Waals surface area contributed by atoms with Crippen molar-refractivity contribution < 1.29 is 18.7 Å². The number of carbonyl (C=O) groups excluding carboxylic acids is 2. The third-order valence-corrected chi connectivity index (χ3v) is 4.29. The molecule has 1 aromatic heterocycles. The fourth-order valence-electron chi connectivity index (χ4n) is 2.87. The van der Waals surface area contributed by atoms with Crippen LogP contribution in [0.5, 0.6) is 0 Å². The summed E-state index contributed by atoms with van der Waals surface area (Å²) in [5.74, 6) is 0.620. The van der Waals surface area contributed by atoms with Crippen LogP contribution in [-0.2, 0) is 14.3 Å². The number of amides is 2. The van der Waals surface area contributed by atoms with Gasteiger partial charge in [0, 0.05) is 26.8 Å². The molecule has 0 fully saturated rings. The molecule has 1 atom stereocenters. The molecule has 0 aliphatic heterocycles. The number of methoxy groups -OCH3 is 1. The smallest absolute Gasteiger partial charge is 0.234 e. The summed E-state index contributed by atoms with van der Waals surface area (Å²) in [4.78, 5) is 28.0. The molecule has 0 bridgehead atoms. The second-order valence-electron chi connectivity index (χ2n) is 6.43. The van der Waals surface area contributed by atoms with Gasteiger partial charge in [-0.25, -0.2) is 0 Å². The monoisotopic (exact) mass is 382 g/mol. The Bertz CT molecular complexity index is 532. The lowest BCUT2D eigenvalue weighted by Gasteiger charge is -2.28. The molecule has 0 aliphatic rings. The fourth-order valence-corrected chi connectivity index (χ4v) is 2.87. The van der Waals surface area contributed by atoms with E-state index in [2.05, 4.69) is 29.4 Å². The van der Waals surface area contributed by atoms with Crippen LogP contribution in [-0.4, -0.2) is 81.6 Å². The van der Waals surface area contributed by atoms with Gasteiger partial charge in [-0.1, -0.05) is 13.8 Å². The van der Waals surface area contributed by atoms with Gasteiger partial charge in [-0.15, -0.1) is 0 Å². The van der Waals surface area contributed by atoms with E-state index in [9.17, 15) is 9.59 Å². The highest BCUT2D eigenvalue weighted by molar-refractivity contribution is 5.81. The molecule has 27 heavy (non-hydrogen) atoms. The van der Waals surface area contributed by atoms with Gasteiger partial charge in [0.2, 0.25) is 11.8 Å². The summed E-state index contributed by atoms with van der Waals surface area (Å²) in [6, 6.07) is 3.77.